The molecule has 0 spiro atoms. The molecule has 28 heavy (non-hydrogen) atoms. The number of aromatic nitrogens is 2. The van der Waals surface area contributed by atoms with Crippen LogP contribution in [0.25, 0.3) is 11.0 Å². The van der Waals surface area contributed by atoms with Crippen molar-refractivity contribution < 1.29 is 9.53 Å². The number of carbonyl (C=O) groups excluding carboxylic acids is 1. The molecular weight excluding hydrogens is 354 g/mol. The summed E-state index contributed by atoms with van der Waals surface area (Å²) in [6, 6.07) is 15.9. The van der Waals surface area contributed by atoms with Gasteiger partial charge in [-0.3, -0.25) is 10.2 Å². The van der Waals surface area contributed by atoms with Gasteiger partial charge in [-0.2, -0.15) is 0 Å². The number of benzene rings is 2. The number of fused-ring (bicyclic) bond motifs is 1. The van der Waals surface area contributed by atoms with Crippen LogP contribution in [-0.2, 0) is 17.8 Å². The SMILES string of the molecule is COc1cccc(CCNC(=O)C2CC(Cn3cnc4ccccc43)NN2)c1. The van der Waals surface area contributed by atoms with Crippen LogP contribution in [0.2, 0.25) is 0 Å². The van der Waals surface area contributed by atoms with Crippen LogP contribution in [0.1, 0.15) is 12.0 Å². The molecule has 7 heteroatoms. The topological polar surface area (TPSA) is 80.2 Å². The van der Waals surface area contributed by atoms with Crippen LogP contribution in [0.4, 0.5) is 0 Å². The number of hydrazine groups is 1. The van der Waals surface area contributed by atoms with Crippen molar-refractivity contribution in [3.05, 3.63) is 60.4 Å². The number of hydrogen-bond donors (Lipinski definition) is 3. The number of nitrogens with one attached hydrogen (secondary N) is 3. The molecule has 0 aliphatic carbocycles. The molecule has 146 valence electrons. The van der Waals surface area contributed by atoms with Gasteiger partial charge in [-0.05, 0) is 42.7 Å². The largest absolute Gasteiger partial charge is 0.497 e. The van der Waals surface area contributed by atoms with Crippen LogP contribution in [0.5, 0.6) is 5.75 Å². The van der Waals surface area contributed by atoms with Gasteiger partial charge in [0.25, 0.3) is 0 Å². The van der Waals surface area contributed by atoms with E-state index in [-0.39, 0.29) is 18.0 Å². The number of nitrogens with zero attached hydrogens (tertiary/aromatic N) is 2. The molecule has 0 saturated carbocycles. The molecule has 1 aromatic heterocycles. The van der Waals surface area contributed by atoms with E-state index in [9.17, 15) is 4.79 Å². The Bertz CT molecular complexity index is 955. The molecule has 2 unspecified atom stereocenters. The molecule has 2 atom stereocenters. The molecule has 1 saturated heterocycles. The summed E-state index contributed by atoms with van der Waals surface area (Å²) in [7, 11) is 1.66. The lowest BCUT2D eigenvalue weighted by molar-refractivity contribution is -0.122. The van der Waals surface area contributed by atoms with Gasteiger partial charge in [0.15, 0.2) is 0 Å². The highest BCUT2D eigenvalue weighted by molar-refractivity contribution is 5.82. The van der Waals surface area contributed by atoms with Crippen LogP contribution >= 0.6 is 0 Å². The molecule has 0 radical (unpaired) electrons. The minimum Gasteiger partial charge on any atom is -0.497 e. The summed E-state index contributed by atoms with van der Waals surface area (Å²) in [5.41, 5.74) is 9.59. The smallest absolute Gasteiger partial charge is 0.238 e. The van der Waals surface area contributed by atoms with E-state index in [0.29, 0.717) is 6.54 Å². The summed E-state index contributed by atoms with van der Waals surface area (Å²) in [4.78, 5) is 16.9. The number of carbonyl (C=O) groups is 1. The average Bonchev–Trinajstić information content (AvgIpc) is 3.36. The standard InChI is InChI=1S/C21H25N5O2/c1-28-17-6-4-5-15(11-17)9-10-22-21(27)19-12-16(24-25-19)13-26-14-23-18-7-2-3-8-20(18)26/h2-8,11,14,16,19,24-25H,9-10,12-13H2,1H3,(H,22,27). The van der Waals surface area contributed by atoms with E-state index in [2.05, 4.69) is 31.8 Å². The predicted molar refractivity (Wildman–Crippen MR) is 108 cm³/mol. The highest BCUT2D eigenvalue weighted by Crippen LogP contribution is 2.15. The second-order valence-electron chi connectivity index (χ2n) is 7.05. The van der Waals surface area contributed by atoms with Crippen LogP contribution in [0, 0.1) is 0 Å². The summed E-state index contributed by atoms with van der Waals surface area (Å²) >= 11 is 0. The van der Waals surface area contributed by atoms with Gasteiger partial charge in [0, 0.05) is 19.1 Å². The third kappa shape index (κ3) is 4.16. The lowest BCUT2D eigenvalue weighted by Crippen LogP contribution is -2.44. The molecule has 7 nitrogen and oxygen atoms in total. The van der Waals surface area contributed by atoms with E-state index < -0.39 is 0 Å². The van der Waals surface area contributed by atoms with Crippen molar-refractivity contribution in [2.75, 3.05) is 13.7 Å². The zero-order valence-electron chi connectivity index (χ0n) is 15.9. The Kier molecular flexibility index (Phi) is 5.55. The second-order valence-corrected chi connectivity index (χ2v) is 7.05. The van der Waals surface area contributed by atoms with Gasteiger partial charge in [0.1, 0.15) is 11.8 Å². The Labute approximate surface area is 164 Å². The molecule has 2 heterocycles. The second kappa shape index (κ2) is 8.41. The Hall–Kier alpha value is -2.90. The molecule has 0 bridgehead atoms. The van der Waals surface area contributed by atoms with Crippen molar-refractivity contribution in [1.29, 1.82) is 0 Å². The van der Waals surface area contributed by atoms with Crippen molar-refractivity contribution in [3.8, 4) is 5.75 Å². The highest BCUT2D eigenvalue weighted by Gasteiger charge is 2.29. The van der Waals surface area contributed by atoms with Crippen LogP contribution < -0.4 is 20.9 Å². The Morgan fingerprint density at radius 3 is 3.04 bits per heavy atom. The van der Waals surface area contributed by atoms with E-state index in [1.165, 1.54) is 0 Å². The molecule has 1 fully saturated rings. The summed E-state index contributed by atoms with van der Waals surface area (Å²) in [5, 5.41) is 3.02. The summed E-state index contributed by atoms with van der Waals surface area (Å²) in [5.74, 6) is 0.855. The Balaban J connectivity index is 1.26. The van der Waals surface area contributed by atoms with Crippen molar-refractivity contribution in [2.24, 2.45) is 0 Å². The first-order valence-electron chi connectivity index (χ1n) is 9.54. The summed E-state index contributed by atoms with van der Waals surface area (Å²) in [6.07, 6.45) is 3.36. The van der Waals surface area contributed by atoms with Crippen LogP contribution in [-0.4, -0.2) is 41.2 Å². The predicted octanol–water partition coefficient (Wildman–Crippen LogP) is 1.64. The molecule has 1 aliphatic rings. The summed E-state index contributed by atoms with van der Waals surface area (Å²) < 4.78 is 7.36. The first kappa shape index (κ1) is 18.5. The number of amides is 1. The third-order valence-electron chi connectivity index (χ3n) is 5.09. The van der Waals surface area contributed by atoms with Crippen molar-refractivity contribution in [1.82, 2.24) is 25.7 Å². The fourth-order valence-electron chi connectivity index (χ4n) is 3.59. The fraction of sp³-hybridized carbons (Fsp3) is 0.333. The fourth-order valence-corrected chi connectivity index (χ4v) is 3.59. The molecule has 1 aliphatic heterocycles. The van der Waals surface area contributed by atoms with Gasteiger partial charge in [0.05, 0.1) is 24.5 Å². The first-order chi connectivity index (χ1) is 13.7. The normalized spacial score (nSPS) is 19.0. The maximum Gasteiger partial charge on any atom is 0.238 e. The zero-order valence-corrected chi connectivity index (χ0v) is 15.9. The zero-order chi connectivity index (χ0) is 19.3. The maximum atomic E-state index is 12.5. The van der Waals surface area contributed by atoms with E-state index in [1.54, 1.807) is 7.11 Å². The molecule has 3 N–H and O–H groups in total. The van der Waals surface area contributed by atoms with Gasteiger partial charge < -0.3 is 14.6 Å². The van der Waals surface area contributed by atoms with Gasteiger partial charge in [-0.1, -0.05) is 24.3 Å². The van der Waals surface area contributed by atoms with E-state index in [1.807, 2.05) is 48.8 Å². The summed E-state index contributed by atoms with van der Waals surface area (Å²) in [6.45, 7) is 1.36. The lowest BCUT2D eigenvalue weighted by Gasteiger charge is -2.12. The number of methoxy groups -OCH3 is 1. The highest BCUT2D eigenvalue weighted by atomic mass is 16.5. The van der Waals surface area contributed by atoms with E-state index in [0.717, 1.165) is 41.7 Å². The minimum atomic E-state index is -0.231. The van der Waals surface area contributed by atoms with E-state index in [4.69, 9.17) is 4.74 Å². The number of hydrogen-bond acceptors (Lipinski definition) is 5. The lowest BCUT2D eigenvalue weighted by atomic mass is 10.1. The molecular formula is C21H25N5O2. The van der Waals surface area contributed by atoms with Crippen molar-refractivity contribution >= 4 is 16.9 Å². The van der Waals surface area contributed by atoms with Crippen LogP contribution in [0.15, 0.2) is 54.9 Å². The number of ether oxygens (including phenoxy) is 1. The van der Waals surface area contributed by atoms with Gasteiger partial charge in [0.2, 0.25) is 5.91 Å². The number of para-hydroxylation sites is 2. The molecule has 1 amide bonds. The molecule has 3 aromatic rings. The Morgan fingerprint density at radius 1 is 1.25 bits per heavy atom. The van der Waals surface area contributed by atoms with Gasteiger partial charge in [-0.25, -0.2) is 10.4 Å². The number of imidazole rings is 1. The average molecular weight is 379 g/mol. The van der Waals surface area contributed by atoms with Crippen LogP contribution in [0.3, 0.4) is 0 Å². The maximum absolute atomic E-state index is 12.5. The monoisotopic (exact) mass is 379 g/mol. The van der Waals surface area contributed by atoms with Crippen molar-refractivity contribution in [2.45, 2.75) is 31.5 Å². The van der Waals surface area contributed by atoms with Gasteiger partial charge >= 0.3 is 0 Å². The Morgan fingerprint density at radius 2 is 2.14 bits per heavy atom. The van der Waals surface area contributed by atoms with Gasteiger partial charge in [-0.15, -0.1) is 0 Å². The minimum absolute atomic E-state index is 0.0217. The quantitative estimate of drug-likeness (QED) is 0.582. The number of rotatable bonds is 7. The molecule has 4 rings (SSSR count). The third-order valence-corrected chi connectivity index (χ3v) is 5.09. The van der Waals surface area contributed by atoms with Crippen molar-refractivity contribution in [3.63, 3.8) is 0 Å². The molecule has 2 aromatic carbocycles. The van der Waals surface area contributed by atoms with E-state index >= 15 is 0 Å². The first-order valence-corrected chi connectivity index (χ1v) is 9.54.